The van der Waals surface area contributed by atoms with Crippen molar-refractivity contribution in [2.24, 2.45) is 0 Å². The number of nitrogens with zero attached hydrogens (tertiary/aromatic N) is 4. The highest BCUT2D eigenvalue weighted by molar-refractivity contribution is 5.89. The summed E-state index contributed by atoms with van der Waals surface area (Å²) in [6.07, 6.45) is 1.19. The van der Waals surface area contributed by atoms with Crippen LogP contribution in [0.2, 0.25) is 0 Å². The van der Waals surface area contributed by atoms with Gasteiger partial charge in [-0.15, -0.1) is 0 Å². The van der Waals surface area contributed by atoms with Crippen molar-refractivity contribution in [2.45, 2.75) is 26.3 Å². The van der Waals surface area contributed by atoms with Gasteiger partial charge in [-0.3, -0.25) is 0 Å². The SMILES string of the molecule is Cc1ccc(N2CCN(C(=O)Nc3ccc(N4CCC(N(C)C)C4)cc3)CC2)cc1C. The highest BCUT2D eigenvalue weighted by Crippen LogP contribution is 2.24. The highest BCUT2D eigenvalue weighted by atomic mass is 16.2. The minimum atomic E-state index is -0.0127. The van der Waals surface area contributed by atoms with E-state index in [0.717, 1.165) is 45.0 Å². The molecule has 1 N–H and O–H groups in total. The number of likely N-dealkylation sites (N-methyl/N-ethyl adjacent to an activating group) is 1. The number of piperazine rings is 1. The van der Waals surface area contributed by atoms with Crippen LogP contribution in [0.3, 0.4) is 0 Å². The van der Waals surface area contributed by atoms with E-state index in [4.69, 9.17) is 0 Å². The number of urea groups is 1. The first kappa shape index (κ1) is 21.5. The van der Waals surface area contributed by atoms with Gasteiger partial charge in [-0.1, -0.05) is 6.07 Å². The summed E-state index contributed by atoms with van der Waals surface area (Å²) in [6.45, 7) is 9.61. The summed E-state index contributed by atoms with van der Waals surface area (Å²) < 4.78 is 0. The molecule has 2 aliphatic rings. The molecule has 166 valence electrons. The second kappa shape index (κ2) is 9.18. The van der Waals surface area contributed by atoms with Crippen LogP contribution in [0.4, 0.5) is 21.9 Å². The van der Waals surface area contributed by atoms with Gasteiger partial charge in [0.15, 0.2) is 0 Å². The molecule has 4 rings (SSSR count). The van der Waals surface area contributed by atoms with Crippen LogP contribution in [0.1, 0.15) is 17.5 Å². The Balaban J connectivity index is 1.28. The zero-order valence-corrected chi connectivity index (χ0v) is 19.3. The molecule has 0 radical (unpaired) electrons. The van der Waals surface area contributed by atoms with Crippen molar-refractivity contribution in [1.82, 2.24) is 9.80 Å². The molecule has 0 saturated carbocycles. The Kier molecular flexibility index (Phi) is 6.37. The van der Waals surface area contributed by atoms with E-state index in [1.807, 2.05) is 17.0 Å². The molecule has 2 amide bonds. The van der Waals surface area contributed by atoms with E-state index in [1.54, 1.807) is 0 Å². The molecule has 2 fully saturated rings. The molecule has 0 aliphatic carbocycles. The van der Waals surface area contributed by atoms with Crippen LogP contribution < -0.4 is 15.1 Å². The fourth-order valence-corrected chi connectivity index (χ4v) is 4.45. The van der Waals surface area contributed by atoms with Gasteiger partial charge in [-0.05, 0) is 81.9 Å². The van der Waals surface area contributed by atoms with Crippen molar-refractivity contribution in [3.05, 3.63) is 53.6 Å². The average Bonchev–Trinajstić information content (AvgIpc) is 3.27. The number of carbonyl (C=O) groups excluding carboxylic acids is 1. The molecule has 2 saturated heterocycles. The number of benzene rings is 2. The van der Waals surface area contributed by atoms with Crippen molar-refractivity contribution in [2.75, 3.05) is 68.5 Å². The van der Waals surface area contributed by atoms with Crippen LogP contribution in [-0.2, 0) is 0 Å². The Bertz CT molecular complexity index is 903. The summed E-state index contributed by atoms with van der Waals surface area (Å²) in [5, 5.41) is 3.07. The van der Waals surface area contributed by atoms with Gasteiger partial charge >= 0.3 is 6.03 Å². The predicted molar refractivity (Wildman–Crippen MR) is 129 cm³/mol. The van der Waals surface area contributed by atoms with Gasteiger partial charge in [0, 0.05) is 62.4 Å². The summed E-state index contributed by atoms with van der Waals surface area (Å²) in [5.41, 5.74) is 5.96. The maximum absolute atomic E-state index is 12.7. The van der Waals surface area contributed by atoms with Crippen LogP contribution in [-0.4, -0.2) is 75.2 Å². The van der Waals surface area contributed by atoms with E-state index in [-0.39, 0.29) is 6.03 Å². The lowest BCUT2D eigenvalue weighted by Crippen LogP contribution is -2.50. The molecule has 6 heteroatoms. The van der Waals surface area contributed by atoms with Crippen LogP contribution in [0.25, 0.3) is 0 Å². The normalized spacial score (nSPS) is 19.3. The fraction of sp³-hybridized carbons (Fsp3) is 0.480. The first-order chi connectivity index (χ1) is 14.9. The molecular formula is C25H35N5O. The van der Waals surface area contributed by atoms with Gasteiger partial charge in [0.1, 0.15) is 0 Å². The van der Waals surface area contributed by atoms with Crippen LogP contribution >= 0.6 is 0 Å². The van der Waals surface area contributed by atoms with E-state index in [2.05, 4.69) is 78.3 Å². The monoisotopic (exact) mass is 421 g/mol. The Morgan fingerprint density at radius 2 is 1.55 bits per heavy atom. The molecule has 2 aliphatic heterocycles. The molecule has 6 nitrogen and oxygen atoms in total. The predicted octanol–water partition coefficient (Wildman–Crippen LogP) is 3.80. The Labute approximate surface area is 186 Å². The smallest absolute Gasteiger partial charge is 0.321 e. The lowest BCUT2D eigenvalue weighted by Gasteiger charge is -2.36. The Hall–Kier alpha value is -2.73. The summed E-state index contributed by atoms with van der Waals surface area (Å²) in [5.74, 6) is 0. The maximum Gasteiger partial charge on any atom is 0.321 e. The quantitative estimate of drug-likeness (QED) is 0.816. The number of hydrogen-bond donors (Lipinski definition) is 1. The lowest BCUT2D eigenvalue weighted by molar-refractivity contribution is 0.208. The molecule has 0 aromatic heterocycles. The number of amides is 2. The van der Waals surface area contributed by atoms with Crippen molar-refractivity contribution in [3.63, 3.8) is 0 Å². The minimum Gasteiger partial charge on any atom is -0.370 e. The molecular weight excluding hydrogens is 386 g/mol. The molecule has 2 aromatic rings. The Morgan fingerprint density at radius 3 is 2.16 bits per heavy atom. The molecule has 31 heavy (non-hydrogen) atoms. The van der Waals surface area contributed by atoms with Crippen molar-refractivity contribution in [1.29, 1.82) is 0 Å². The third-order valence-electron chi connectivity index (χ3n) is 6.80. The van der Waals surface area contributed by atoms with E-state index in [0.29, 0.717) is 6.04 Å². The molecule has 2 heterocycles. The van der Waals surface area contributed by atoms with Crippen LogP contribution in [0, 0.1) is 13.8 Å². The molecule has 2 aromatic carbocycles. The van der Waals surface area contributed by atoms with Crippen molar-refractivity contribution in [3.8, 4) is 0 Å². The van der Waals surface area contributed by atoms with Crippen molar-refractivity contribution >= 4 is 23.1 Å². The molecule has 0 bridgehead atoms. The highest BCUT2D eigenvalue weighted by Gasteiger charge is 2.24. The van der Waals surface area contributed by atoms with Gasteiger partial charge in [0.05, 0.1) is 0 Å². The van der Waals surface area contributed by atoms with Gasteiger partial charge in [-0.2, -0.15) is 0 Å². The standard InChI is InChI=1S/C25H35N5O/c1-19-5-8-23(17-20(19)2)28-13-15-29(16-14-28)25(31)26-21-6-9-22(10-7-21)30-12-11-24(18-30)27(3)4/h5-10,17,24H,11-16,18H2,1-4H3,(H,26,31). The largest absolute Gasteiger partial charge is 0.370 e. The van der Waals surface area contributed by atoms with Gasteiger partial charge in [0.2, 0.25) is 0 Å². The maximum atomic E-state index is 12.7. The number of hydrogen-bond acceptors (Lipinski definition) is 4. The van der Waals surface area contributed by atoms with E-state index in [9.17, 15) is 4.79 Å². The number of rotatable bonds is 4. The topological polar surface area (TPSA) is 42.1 Å². The van der Waals surface area contributed by atoms with Gasteiger partial charge < -0.3 is 24.9 Å². The number of aryl methyl sites for hydroxylation is 2. The fourth-order valence-electron chi connectivity index (χ4n) is 4.45. The van der Waals surface area contributed by atoms with Crippen molar-refractivity contribution < 1.29 is 4.79 Å². The molecule has 0 spiro atoms. The third kappa shape index (κ3) is 4.96. The van der Waals surface area contributed by atoms with Crippen LogP contribution in [0.5, 0.6) is 0 Å². The second-order valence-corrected chi connectivity index (χ2v) is 9.07. The molecule has 1 unspecified atom stereocenters. The number of carbonyl (C=O) groups is 1. The summed E-state index contributed by atoms with van der Waals surface area (Å²) in [6, 6.07) is 15.5. The second-order valence-electron chi connectivity index (χ2n) is 9.07. The summed E-state index contributed by atoms with van der Waals surface area (Å²) >= 11 is 0. The summed E-state index contributed by atoms with van der Waals surface area (Å²) in [4.78, 5) is 21.7. The zero-order chi connectivity index (χ0) is 22.0. The first-order valence-electron chi connectivity index (χ1n) is 11.3. The van der Waals surface area contributed by atoms with Gasteiger partial charge in [-0.25, -0.2) is 4.79 Å². The minimum absolute atomic E-state index is 0.0127. The molecule has 1 atom stereocenters. The van der Waals surface area contributed by atoms with E-state index >= 15 is 0 Å². The third-order valence-corrected chi connectivity index (χ3v) is 6.80. The average molecular weight is 422 g/mol. The summed E-state index contributed by atoms with van der Waals surface area (Å²) in [7, 11) is 4.29. The number of nitrogens with one attached hydrogen (secondary N) is 1. The van der Waals surface area contributed by atoms with E-state index in [1.165, 1.54) is 28.9 Å². The Morgan fingerprint density at radius 1 is 0.871 bits per heavy atom. The first-order valence-corrected chi connectivity index (χ1v) is 11.3. The van der Waals surface area contributed by atoms with Gasteiger partial charge in [0.25, 0.3) is 0 Å². The number of anilines is 3. The van der Waals surface area contributed by atoms with E-state index < -0.39 is 0 Å². The lowest BCUT2D eigenvalue weighted by atomic mass is 10.1. The zero-order valence-electron chi connectivity index (χ0n) is 19.3. The van der Waals surface area contributed by atoms with Crippen LogP contribution in [0.15, 0.2) is 42.5 Å².